The molecule has 0 aromatic rings. The fraction of sp³-hybridized carbons (Fsp3) is 0.500. The van der Waals surface area contributed by atoms with Crippen LogP contribution in [0.3, 0.4) is 0 Å². The summed E-state index contributed by atoms with van der Waals surface area (Å²) in [5.74, 6) is -0.921. The van der Waals surface area contributed by atoms with E-state index in [0.717, 1.165) is 38.2 Å². The van der Waals surface area contributed by atoms with Crippen LogP contribution in [0, 0.1) is 0 Å². The zero-order valence-electron chi connectivity index (χ0n) is 10.4. The summed E-state index contributed by atoms with van der Waals surface area (Å²) in [5.41, 5.74) is 0. The maximum Gasteiger partial charge on any atom is 0.328 e. The molecule has 0 fully saturated rings. The van der Waals surface area contributed by atoms with Gasteiger partial charge in [0.1, 0.15) is 0 Å². The van der Waals surface area contributed by atoms with Crippen molar-refractivity contribution >= 4 is 5.97 Å². The van der Waals surface area contributed by atoms with Crippen LogP contribution in [0.2, 0.25) is 0 Å². The molecule has 0 bridgehead atoms. The van der Waals surface area contributed by atoms with E-state index in [4.69, 9.17) is 10.2 Å². The number of hydrogen-bond donors (Lipinski definition) is 2. The van der Waals surface area contributed by atoms with Gasteiger partial charge in [-0.3, -0.25) is 0 Å². The van der Waals surface area contributed by atoms with Crippen molar-refractivity contribution in [2.75, 3.05) is 0 Å². The van der Waals surface area contributed by atoms with Gasteiger partial charge in [-0.05, 0) is 39.0 Å². The summed E-state index contributed by atoms with van der Waals surface area (Å²) >= 11 is 0. The van der Waals surface area contributed by atoms with Gasteiger partial charge >= 0.3 is 5.97 Å². The molecule has 96 valence electrons. The first-order chi connectivity index (χ1) is 8.13. The number of allylic oxidation sites excluding steroid dienone is 5. The smallest absolute Gasteiger partial charge is 0.328 e. The largest absolute Gasteiger partial charge is 0.478 e. The van der Waals surface area contributed by atoms with Crippen LogP contribution >= 0.6 is 0 Å². The molecule has 1 atom stereocenters. The van der Waals surface area contributed by atoms with Crippen molar-refractivity contribution < 1.29 is 15.0 Å². The van der Waals surface area contributed by atoms with Gasteiger partial charge in [0, 0.05) is 6.08 Å². The van der Waals surface area contributed by atoms with E-state index in [1.165, 1.54) is 6.08 Å². The van der Waals surface area contributed by atoms with Crippen molar-refractivity contribution in [3.8, 4) is 0 Å². The molecule has 0 saturated carbocycles. The lowest BCUT2D eigenvalue weighted by atomic mass is 10.1. The Morgan fingerprint density at radius 2 is 1.76 bits per heavy atom. The van der Waals surface area contributed by atoms with Gasteiger partial charge in [-0.1, -0.05) is 30.4 Å². The van der Waals surface area contributed by atoms with Gasteiger partial charge in [-0.2, -0.15) is 0 Å². The van der Waals surface area contributed by atoms with Gasteiger partial charge in [-0.25, -0.2) is 4.79 Å². The van der Waals surface area contributed by atoms with E-state index in [2.05, 4.69) is 12.2 Å². The number of rotatable bonds is 9. The van der Waals surface area contributed by atoms with E-state index in [1.807, 2.05) is 6.08 Å². The molecular weight excluding hydrogens is 216 g/mol. The number of aliphatic hydroxyl groups excluding tert-OH is 1. The third-order valence-electron chi connectivity index (χ3n) is 2.15. The van der Waals surface area contributed by atoms with Crippen LogP contribution in [0.15, 0.2) is 36.5 Å². The Labute approximate surface area is 103 Å². The third-order valence-corrected chi connectivity index (χ3v) is 2.15. The second-order valence-electron chi connectivity index (χ2n) is 3.95. The summed E-state index contributed by atoms with van der Waals surface area (Å²) < 4.78 is 0. The van der Waals surface area contributed by atoms with Gasteiger partial charge in [-0.15, -0.1) is 0 Å². The third kappa shape index (κ3) is 14.7. The normalized spacial score (nSPS) is 14.0. The molecule has 0 rings (SSSR count). The summed E-state index contributed by atoms with van der Waals surface area (Å²) in [6, 6.07) is 0. The lowest BCUT2D eigenvalue weighted by Crippen LogP contribution is -1.96. The lowest BCUT2D eigenvalue weighted by Gasteiger charge is -1.98. The predicted octanol–water partition coefficient (Wildman–Crippen LogP) is 3.07. The molecule has 0 aromatic carbocycles. The van der Waals surface area contributed by atoms with Crippen LogP contribution in [0.4, 0.5) is 0 Å². The summed E-state index contributed by atoms with van der Waals surface area (Å²) in [7, 11) is 0. The lowest BCUT2D eigenvalue weighted by molar-refractivity contribution is -0.131. The van der Waals surface area contributed by atoms with Crippen LogP contribution in [0.1, 0.15) is 39.0 Å². The van der Waals surface area contributed by atoms with E-state index >= 15 is 0 Å². The summed E-state index contributed by atoms with van der Waals surface area (Å²) in [6.07, 6.45) is 15.1. The van der Waals surface area contributed by atoms with Gasteiger partial charge in [0.15, 0.2) is 0 Å². The molecule has 0 spiro atoms. The molecule has 0 heterocycles. The van der Waals surface area contributed by atoms with Crippen molar-refractivity contribution in [3.05, 3.63) is 36.5 Å². The predicted molar refractivity (Wildman–Crippen MR) is 69.8 cm³/mol. The maximum atomic E-state index is 10.1. The molecule has 0 aliphatic carbocycles. The Hall–Kier alpha value is -1.35. The highest BCUT2D eigenvalue weighted by Crippen LogP contribution is 2.01. The quantitative estimate of drug-likeness (QED) is 0.281. The van der Waals surface area contributed by atoms with E-state index in [9.17, 15) is 4.79 Å². The number of carboxylic acid groups (broad SMARTS) is 1. The number of carbonyl (C=O) groups is 1. The van der Waals surface area contributed by atoms with Crippen molar-refractivity contribution in [2.45, 2.75) is 45.1 Å². The second-order valence-corrected chi connectivity index (χ2v) is 3.95. The average Bonchev–Trinajstić information content (AvgIpc) is 2.25. The SMILES string of the molecule is C[C@H](O)CC/C=C\CCC/C=C/C=C/C(=O)O. The minimum atomic E-state index is -0.921. The first-order valence-corrected chi connectivity index (χ1v) is 6.02. The van der Waals surface area contributed by atoms with Gasteiger partial charge < -0.3 is 10.2 Å². The first-order valence-electron chi connectivity index (χ1n) is 6.02. The van der Waals surface area contributed by atoms with Gasteiger partial charge in [0.2, 0.25) is 0 Å². The van der Waals surface area contributed by atoms with Gasteiger partial charge in [0.05, 0.1) is 6.10 Å². The van der Waals surface area contributed by atoms with Crippen molar-refractivity contribution in [3.63, 3.8) is 0 Å². The molecule has 2 N–H and O–H groups in total. The molecule has 0 aliphatic rings. The molecule has 17 heavy (non-hydrogen) atoms. The highest BCUT2D eigenvalue weighted by atomic mass is 16.4. The molecule has 0 saturated heterocycles. The Kier molecular flexibility index (Phi) is 10.3. The molecule has 3 nitrogen and oxygen atoms in total. The number of aliphatic hydroxyl groups is 1. The Morgan fingerprint density at radius 1 is 1.12 bits per heavy atom. The Morgan fingerprint density at radius 3 is 2.41 bits per heavy atom. The molecule has 0 unspecified atom stereocenters. The Balaban J connectivity index is 3.37. The average molecular weight is 238 g/mol. The number of carboxylic acids is 1. The monoisotopic (exact) mass is 238 g/mol. The number of aliphatic carboxylic acids is 1. The van der Waals surface area contributed by atoms with Crippen LogP contribution in [-0.4, -0.2) is 22.3 Å². The van der Waals surface area contributed by atoms with Crippen LogP contribution in [0.25, 0.3) is 0 Å². The fourth-order valence-corrected chi connectivity index (χ4v) is 1.24. The van der Waals surface area contributed by atoms with E-state index in [0.29, 0.717) is 0 Å². The molecule has 0 aromatic heterocycles. The standard InChI is InChI=1S/C14H22O3/c1-13(15)11-9-7-5-3-2-4-6-8-10-12-14(16)17/h5-8,10,12-13,15H,2-4,9,11H2,1H3,(H,16,17)/b7-5-,8-6+,12-10+/t13-/m0/s1. The highest BCUT2D eigenvalue weighted by molar-refractivity contribution is 5.80. The Bertz CT molecular complexity index is 275. The second kappa shape index (κ2) is 11.1. The molecule has 0 amide bonds. The van der Waals surface area contributed by atoms with E-state index in [1.54, 1.807) is 13.0 Å². The summed E-state index contributed by atoms with van der Waals surface area (Å²) in [4.78, 5) is 10.1. The minimum Gasteiger partial charge on any atom is -0.478 e. The van der Waals surface area contributed by atoms with Crippen LogP contribution in [-0.2, 0) is 4.79 Å². The maximum absolute atomic E-state index is 10.1. The van der Waals surface area contributed by atoms with E-state index in [-0.39, 0.29) is 6.10 Å². The topological polar surface area (TPSA) is 57.5 Å². The molecule has 3 heteroatoms. The first kappa shape index (κ1) is 15.7. The number of unbranched alkanes of at least 4 members (excludes halogenated alkanes) is 2. The molecular formula is C14H22O3. The zero-order chi connectivity index (χ0) is 12.9. The number of hydrogen-bond acceptors (Lipinski definition) is 2. The van der Waals surface area contributed by atoms with Crippen molar-refractivity contribution in [1.82, 2.24) is 0 Å². The molecule has 0 radical (unpaired) electrons. The summed E-state index contributed by atoms with van der Waals surface area (Å²) in [6.45, 7) is 1.79. The molecule has 0 aliphatic heterocycles. The van der Waals surface area contributed by atoms with Crippen LogP contribution in [0.5, 0.6) is 0 Å². The zero-order valence-corrected chi connectivity index (χ0v) is 10.4. The van der Waals surface area contributed by atoms with Gasteiger partial charge in [0.25, 0.3) is 0 Å². The van der Waals surface area contributed by atoms with Crippen LogP contribution < -0.4 is 0 Å². The van der Waals surface area contributed by atoms with E-state index < -0.39 is 5.97 Å². The minimum absolute atomic E-state index is 0.219. The van der Waals surface area contributed by atoms with Crippen molar-refractivity contribution in [2.24, 2.45) is 0 Å². The highest BCUT2D eigenvalue weighted by Gasteiger charge is 1.90. The summed E-state index contributed by atoms with van der Waals surface area (Å²) in [5, 5.41) is 17.4. The van der Waals surface area contributed by atoms with Crippen molar-refractivity contribution in [1.29, 1.82) is 0 Å². The fourth-order valence-electron chi connectivity index (χ4n) is 1.24.